The van der Waals surface area contributed by atoms with Gasteiger partial charge in [-0.3, -0.25) is 11.3 Å². The summed E-state index contributed by atoms with van der Waals surface area (Å²) in [5.74, 6) is 5.31. The number of hydrazine groups is 1. The summed E-state index contributed by atoms with van der Waals surface area (Å²) in [6, 6.07) is 11.1. The Balaban J connectivity index is 2.00. The average Bonchev–Trinajstić information content (AvgIpc) is 2.48. The summed E-state index contributed by atoms with van der Waals surface area (Å²) in [5, 5.41) is 0. The molecule has 2 rings (SSSR count). The van der Waals surface area contributed by atoms with E-state index in [9.17, 15) is 8.78 Å². The molecular weight excluding hydrogens is 358 g/mol. The second-order valence-corrected chi connectivity index (χ2v) is 6.46. The Hall–Kier alpha value is -0.950. The van der Waals surface area contributed by atoms with Gasteiger partial charge in [0.05, 0.1) is 0 Å². The lowest BCUT2D eigenvalue weighted by Gasteiger charge is -2.16. The molecule has 0 saturated heterocycles. The molecule has 6 heteroatoms. The first-order valence-electron chi connectivity index (χ1n) is 6.37. The van der Waals surface area contributed by atoms with Crippen molar-refractivity contribution in [3.05, 3.63) is 64.1 Å². The van der Waals surface area contributed by atoms with E-state index in [0.29, 0.717) is 17.7 Å². The standard InChI is InChI=1S/C15H15BrF2N2S/c16-13-3-1-2-4-15(13)21-9-12(20-19)8-10-7-11(17)5-6-14(10)18/h1-7,12,20H,8-9,19H2. The lowest BCUT2D eigenvalue weighted by Crippen LogP contribution is -2.38. The Labute approximate surface area is 135 Å². The first kappa shape index (κ1) is 16.4. The van der Waals surface area contributed by atoms with Crippen LogP contribution in [-0.4, -0.2) is 11.8 Å². The van der Waals surface area contributed by atoms with Crippen molar-refractivity contribution in [2.45, 2.75) is 17.4 Å². The van der Waals surface area contributed by atoms with E-state index in [4.69, 9.17) is 5.84 Å². The summed E-state index contributed by atoms with van der Waals surface area (Å²) in [5.41, 5.74) is 2.99. The first-order valence-corrected chi connectivity index (χ1v) is 8.15. The monoisotopic (exact) mass is 372 g/mol. The van der Waals surface area contributed by atoms with E-state index in [1.165, 1.54) is 6.07 Å². The quantitative estimate of drug-likeness (QED) is 0.458. The summed E-state index contributed by atoms with van der Waals surface area (Å²) < 4.78 is 27.8. The van der Waals surface area contributed by atoms with Crippen LogP contribution in [0.25, 0.3) is 0 Å². The molecule has 1 unspecified atom stereocenters. The maximum Gasteiger partial charge on any atom is 0.126 e. The molecule has 0 amide bonds. The van der Waals surface area contributed by atoms with Crippen LogP contribution in [0.2, 0.25) is 0 Å². The normalized spacial score (nSPS) is 12.4. The minimum absolute atomic E-state index is 0.154. The highest BCUT2D eigenvalue weighted by molar-refractivity contribution is 9.10. The molecule has 0 aliphatic rings. The number of hydrogen-bond donors (Lipinski definition) is 2. The minimum atomic E-state index is -0.444. The van der Waals surface area contributed by atoms with Crippen molar-refractivity contribution >= 4 is 27.7 Å². The maximum atomic E-state index is 13.6. The molecule has 3 N–H and O–H groups in total. The largest absolute Gasteiger partial charge is 0.271 e. The Morgan fingerprint density at radius 2 is 1.95 bits per heavy atom. The molecular formula is C15H15BrF2N2S. The van der Waals surface area contributed by atoms with Gasteiger partial charge >= 0.3 is 0 Å². The van der Waals surface area contributed by atoms with Crippen molar-refractivity contribution in [3.63, 3.8) is 0 Å². The van der Waals surface area contributed by atoms with E-state index in [1.54, 1.807) is 11.8 Å². The van der Waals surface area contributed by atoms with Crippen molar-refractivity contribution in [1.29, 1.82) is 0 Å². The van der Waals surface area contributed by atoms with Gasteiger partial charge in [0.1, 0.15) is 11.6 Å². The number of rotatable bonds is 6. The van der Waals surface area contributed by atoms with E-state index in [2.05, 4.69) is 21.4 Å². The van der Waals surface area contributed by atoms with Crippen molar-refractivity contribution in [2.75, 3.05) is 5.75 Å². The Morgan fingerprint density at radius 3 is 2.67 bits per heavy atom. The lowest BCUT2D eigenvalue weighted by atomic mass is 10.1. The zero-order valence-electron chi connectivity index (χ0n) is 11.2. The molecule has 0 fully saturated rings. The van der Waals surface area contributed by atoms with Gasteiger partial charge in [-0.15, -0.1) is 11.8 Å². The number of halogens is 3. The number of thioether (sulfide) groups is 1. The van der Waals surface area contributed by atoms with Gasteiger partial charge in [0, 0.05) is 21.2 Å². The minimum Gasteiger partial charge on any atom is -0.271 e. The molecule has 21 heavy (non-hydrogen) atoms. The molecule has 2 aromatic rings. The van der Waals surface area contributed by atoms with Crippen LogP contribution in [0.5, 0.6) is 0 Å². The van der Waals surface area contributed by atoms with Crippen LogP contribution in [0.1, 0.15) is 5.56 Å². The van der Waals surface area contributed by atoms with Gasteiger partial charge in [-0.05, 0) is 58.2 Å². The Kier molecular flexibility index (Phi) is 6.17. The second kappa shape index (κ2) is 7.89. The average molecular weight is 373 g/mol. The van der Waals surface area contributed by atoms with Crippen LogP contribution in [-0.2, 0) is 6.42 Å². The third kappa shape index (κ3) is 4.78. The first-order chi connectivity index (χ1) is 10.1. The van der Waals surface area contributed by atoms with E-state index in [0.717, 1.165) is 21.5 Å². The highest BCUT2D eigenvalue weighted by Crippen LogP contribution is 2.28. The number of nitrogens with one attached hydrogen (secondary N) is 1. The molecule has 0 aliphatic carbocycles. The van der Waals surface area contributed by atoms with Gasteiger partial charge in [-0.2, -0.15) is 0 Å². The maximum absolute atomic E-state index is 13.6. The lowest BCUT2D eigenvalue weighted by molar-refractivity contribution is 0.538. The van der Waals surface area contributed by atoms with E-state index >= 15 is 0 Å². The highest BCUT2D eigenvalue weighted by atomic mass is 79.9. The predicted molar refractivity (Wildman–Crippen MR) is 86.0 cm³/mol. The fourth-order valence-electron chi connectivity index (χ4n) is 1.88. The molecule has 0 radical (unpaired) electrons. The third-order valence-electron chi connectivity index (χ3n) is 2.99. The topological polar surface area (TPSA) is 38.0 Å². The molecule has 112 valence electrons. The predicted octanol–water partition coefficient (Wildman–Crippen LogP) is 3.89. The van der Waals surface area contributed by atoms with Gasteiger partial charge < -0.3 is 0 Å². The highest BCUT2D eigenvalue weighted by Gasteiger charge is 2.13. The SMILES string of the molecule is NNC(CSc1ccccc1Br)Cc1cc(F)ccc1F. The molecule has 0 bridgehead atoms. The molecule has 0 saturated carbocycles. The molecule has 0 heterocycles. The van der Waals surface area contributed by atoms with Crippen molar-refractivity contribution in [3.8, 4) is 0 Å². The van der Waals surface area contributed by atoms with Crippen LogP contribution < -0.4 is 11.3 Å². The number of benzene rings is 2. The molecule has 2 nitrogen and oxygen atoms in total. The van der Waals surface area contributed by atoms with Crippen LogP contribution in [0.3, 0.4) is 0 Å². The van der Waals surface area contributed by atoms with Gasteiger partial charge in [-0.1, -0.05) is 12.1 Å². The number of hydrogen-bond acceptors (Lipinski definition) is 3. The van der Waals surface area contributed by atoms with Gasteiger partial charge in [-0.25, -0.2) is 8.78 Å². The fourth-order valence-corrected chi connectivity index (χ4v) is 3.49. The second-order valence-electron chi connectivity index (χ2n) is 4.54. The van der Waals surface area contributed by atoms with E-state index in [-0.39, 0.29) is 6.04 Å². The zero-order chi connectivity index (χ0) is 15.2. The third-order valence-corrected chi connectivity index (χ3v) is 5.18. The number of nitrogens with two attached hydrogens (primary N) is 1. The van der Waals surface area contributed by atoms with Crippen LogP contribution in [0.15, 0.2) is 51.8 Å². The van der Waals surface area contributed by atoms with Gasteiger partial charge in [0.2, 0.25) is 0 Å². The molecule has 0 spiro atoms. The zero-order valence-corrected chi connectivity index (χ0v) is 13.6. The van der Waals surface area contributed by atoms with Gasteiger partial charge in [0.15, 0.2) is 0 Å². The summed E-state index contributed by atoms with van der Waals surface area (Å²) in [6.45, 7) is 0. The molecule has 0 aromatic heterocycles. The van der Waals surface area contributed by atoms with E-state index in [1.807, 2.05) is 24.3 Å². The van der Waals surface area contributed by atoms with Crippen molar-refractivity contribution in [2.24, 2.45) is 5.84 Å². The van der Waals surface area contributed by atoms with Crippen molar-refractivity contribution in [1.82, 2.24) is 5.43 Å². The smallest absolute Gasteiger partial charge is 0.126 e. The molecule has 2 aromatic carbocycles. The summed E-state index contributed by atoms with van der Waals surface area (Å²) >= 11 is 5.08. The van der Waals surface area contributed by atoms with Crippen molar-refractivity contribution < 1.29 is 8.78 Å². The fraction of sp³-hybridized carbons (Fsp3) is 0.200. The van der Waals surface area contributed by atoms with E-state index < -0.39 is 11.6 Å². The van der Waals surface area contributed by atoms with Gasteiger partial charge in [0.25, 0.3) is 0 Å². The summed E-state index contributed by atoms with van der Waals surface area (Å²) in [6.07, 6.45) is 0.331. The Bertz CT molecular complexity index is 610. The molecule has 0 aliphatic heterocycles. The van der Waals surface area contributed by atoms with Crippen LogP contribution in [0, 0.1) is 11.6 Å². The summed E-state index contributed by atoms with van der Waals surface area (Å²) in [4.78, 5) is 1.08. The van der Waals surface area contributed by atoms with Crippen LogP contribution >= 0.6 is 27.7 Å². The van der Waals surface area contributed by atoms with Crippen LogP contribution in [0.4, 0.5) is 8.78 Å². The Morgan fingerprint density at radius 1 is 1.19 bits per heavy atom. The molecule has 1 atom stereocenters. The summed E-state index contributed by atoms with van der Waals surface area (Å²) in [7, 11) is 0.